The SMILES string of the molecule is N#CC(=Cc1c[nH]c2ccccc12)C(=O)Nc1ncc(Cc2cccc(Cl)c2Cl)s1. The van der Waals surface area contributed by atoms with Crippen LogP contribution >= 0.6 is 34.5 Å². The number of anilines is 1. The van der Waals surface area contributed by atoms with Crippen molar-refractivity contribution in [3.05, 3.63) is 86.5 Å². The van der Waals surface area contributed by atoms with Crippen molar-refractivity contribution >= 4 is 62.6 Å². The molecule has 4 aromatic rings. The fraction of sp³-hybridized carbons (Fsp3) is 0.0455. The molecule has 4 rings (SSSR count). The average Bonchev–Trinajstić information content (AvgIpc) is 3.36. The van der Waals surface area contributed by atoms with Gasteiger partial charge in [0.1, 0.15) is 11.6 Å². The van der Waals surface area contributed by atoms with Gasteiger partial charge in [-0.05, 0) is 23.8 Å². The van der Waals surface area contributed by atoms with E-state index in [2.05, 4.69) is 15.3 Å². The molecular formula is C22H14Cl2N4OS. The summed E-state index contributed by atoms with van der Waals surface area (Å²) >= 11 is 13.6. The van der Waals surface area contributed by atoms with Crippen molar-refractivity contribution in [2.45, 2.75) is 6.42 Å². The standard InChI is InChI=1S/C22H14Cl2N4OS/c23-18-6-3-4-13(20(18)24)9-16-12-27-22(30-16)28-21(29)14(10-25)8-15-11-26-19-7-2-1-5-17(15)19/h1-8,11-12,26H,9H2,(H,27,28,29). The van der Waals surface area contributed by atoms with Gasteiger partial charge in [-0.1, -0.05) is 53.5 Å². The van der Waals surface area contributed by atoms with Crippen LogP contribution in [0.3, 0.4) is 0 Å². The van der Waals surface area contributed by atoms with E-state index < -0.39 is 5.91 Å². The van der Waals surface area contributed by atoms with E-state index in [0.717, 1.165) is 26.9 Å². The molecule has 0 aliphatic rings. The summed E-state index contributed by atoms with van der Waals surface area (Å²) in [7, 11) is 0. The van der Waals surface area contributed by atoms with Crippen molar-refractivity contribution in [1.29, 1.82) is 5.26 Å². The highest BCUT2D eigenvalue weighted by Crippen LogP contribution is 2.29. The Morgan fingerprint density at radius 1 is 1.23 bits per heavy atom. The average molecular weight is 453 g/mol. The van der Waals surface area contributed by atoms with Gasteiger partial charge in [0.15, 0.2) is 5.13 Å². The van der Waals surface area contributed by atoms with E-state index in [1.165, 1.54) is 11.3 Å². The van der Waals surface area contributed by atoms with Gasteiger partial charge in [-0.15, -0.1) is 11.3 Å². The summed E-state index contributed by atoms with van der Waals surface area (Å²) in [6.07, 6.45) is 5.55. The minimum absolute atomic E-state index is 0.00520. The molecule has 0 aliphatic carbocycles. The molecule has 2 aromatic carbocycles. The lowest BCUT2D eigenvalue weighted by molar-refractivity contribution is -0.112. The Morgan fingerprint density at radius 3 is 2.90 bits per heavy atom. The number of carbonyl (C=O) groups excluding carboxylic acids is 1. The summed E-state index contributed by atoms with van der Waals surface area (Å²) in [6.45, 7) is 0. The third-order valence-corrected chi connectivity index (χ3v) is 6.23. The highest BCUT2D eigenvalue weighted by Gasteiger charge is 2.14. The van der Waals surface area contributed by atoms with Crippen molar-refractivity contribution in [3.8, 4) is 6.07 Å². The van der Waals surface area contributed by atoms with Crippen molar-refractivity contribution < 1.29 is 4.79 Å². The minimum atomic E-state index is -0.510. The molecular weight excluding hydrogens is 439 g/mol. The largest absolute Gasteiger partial charge is 0.361 e. The highest BCUT2D eigenvalue weighted by atomic mass is 35.5. The maximum Gasteiger partial charge on any atom is 0.268 e. The molecule has 0 saturated carbocycles. The Kier molecular flexibility index (Phi) is 5.86. The van der Waals surface area contributed by atoms with Gasteiger partial charge in [0.25, 0.3) is 5.91 Å². The van der Waals surface area contributed by atoms with Gasteiger partial charge in [0.2, 0.25) is 0 Å². The second kappa shape index (κ2) is 8.72. The summed E-state index contributed by atoms with van der Waals surface area (Å²) in [4.78, 5) is 20.9. The third kappa shape index (κ3) is 4.24. The van der Waals surface area contributed by atoms with E-state index in [4.69, 9.17) is 23.2 Å². The minimum Gasteiger partial charge on any atom is -0.361 e. The zero-order valence-corrected chi connectivity index (χ0v) is 17.8. The molecule has 0 unspecified atom stereocenters. The number of amides is 1. The number of para-hydroxylation sites is 1. The Bertz CT molecular complexity index is 1320. The zero-order chi connectivity index (χ0) is 21.1. The van der Waals surface area contributed by atoms with Crippen LogP contribution in [-0.4, -0.2) is 15.9 Å². The van der Waals surface area contributed by atoms with Gasteiger partial charge in [0, 0.05) is 40.2 Å². The Hall–Kier alpha value is -3.11. The fourth-order valence-electron chi connectivity index (χ4n) is 3.00. The molecule has 0 saturated heterocycles. The van der Waals surface area contributed by atoms with Crippen LogP contribution in [0.25, 0.3) is 17.0 Å². The van der Waals surface area contributed by atoms with Crippen molar-refractivity contribution in [1.82, 2.24) is 9.97 Å². The van der Waals surface area contributed by atoms with Crippen molar-refractivity contribution in [2.75, 3.05) is 5.32 Å². The first-order chi connectivity index (χ1) is 14.5. The molecule has 0 aliphatic heterocycles. The molecule has 0 spiro atoms. The fourth-order valence-corrected chi connectivity index (χ4v) is 4.22. The predicted octanol–water partition coefficient (Wildman–Crippen LogP) is 6.07. The number of thiazole rings is 1. The van der Waals surface area contributed by atoms with Gasteiger partial charge >= 0.3 is 0 Å². The Morgan fingerprint density at radius 2 is 2.07 bits per heavy atom. The number of H-pyrrole nitrogens is 1. The van der Waals surface area contributed by atoms with E-state index in [9.17, 15) is 10.1 Å². The molecule has 0 fully saturated rings. The highest BCUT2D eigenvalue weighted by molar-refractivity contribution is 7.15. The van der Waals surface area contributed by atoms with Crippen molar-refractivity contribution in [3.63, 3.8) is 0 Å². The van der Waals surface area contributed by atoms with Gasteiger partial charge in [-0.25, -0.2) is 4.98 Å². The summed E-state index contributed by atoms with van der Waals surface area (Å²) < 4.78 is 0. The van der Waals surface area contributed by atoms with Crippen LogP contribution in [0.4, 0.5) is 5.13 Å². The van der Waals surface area contributed by atoms with Crippen LogP contribution in [0.15, 0.2) is 60.4 Å². The lowest BCUT2D eigenvalue weighted by Crippen LogP contribution is -2.13. The molecule has 2 aromatic heterocycles. The van der Waals surface area contributed by atoms with Gasteiger partial charge in [-0.2, -0.15) is 5.26 Å². The third-order valence-electron chi connectivity index (χ3n) is 4.46. The summed E-state index contributed by atoms with van der Waals surface area (Å²) in [6, 6.07) is 15.1. The van der Waals surface area contributed by atoms with Gasteiger partial charge in [0.05, 0.1) is 10.0 Å². The van der Waals surface area contributed by atoms with Crippen LogP contribution in [0.2, 0.25) is 10.0 Å². The van der Waals surface area contributed by atoms with Crippen molar-refractivity contribution in [2.24, 2.45) is 0 Å². The summed E-state index contributed by atoms with van der Waals surface area (Å²) in [5, 5.41) is 14.5. The Balaban J connectivity index is 1.51. The lowest BCUT2D eigenvalue weighted by atomic mass is 10.1. The van der Waals surface area contributed by atoms with E-state index in [0.29, 0.717) is 21.6 Å². The number of rotatable bonds is 5. The number of benzene rings is 2. The monoisotopic (exact) mass is 452 g/mol. The molecule has 0 atom stereocenters. The first-order valence-electron chi connectivity index (χ1n) is 8.92. The second-order valence-corrected chi connectivity index (χ2v) is 8.34. The second-order valence-electron chi connectivity index (χ2n) is 6.43. The number of fused-ring (bicyclic) bond motifs is 1. The maximum atomic E-state index is 12.6. The number of nitrogens with zero attached hydrogens (tertiary/aromatic N) is 2. The Labute approximate surface area is 186 Å². The molecule has 0 radical (unpaired) electrons. The van der Waals surface area contributed by atoms with Gasteiger partial charge in [-0.3, -0.25) is 10.1 Å². The molecule has 1 amide bonds. The van der Waals surface area contributed by atoms with Crippen LogP contribution < -0.4 is 5.32 Å². The molecule has 30 heavy (non-hydrogen) atoms. The number of aromatic nitrogens is 2. The summed E-state index contributed by atoms with van der Waals surface area (Å²) in [5.41, 5.74) is 2.58. The number of halogens is 2. The molecule has 8 heteroatoms. The number of nitriles is 1. The number of aromatic amines is 1. The molecule has 2 heterocycles. The first-order valence-corrected chi connectivity index (χ1v) is 10.5. The van der Waals surface area contributed by atoms with E-state index in [1.807, 2.05) is 42.5 Å². The number of hydrogen-bond donors (Lipinski definition) is 2. The molecule has 0 bridgehead atoms. The van der Waals surface area contributed by atoms with Crippen LogP contribution in [0, 0.1) is 11.3 Å². The lowest BCUT2D eigenvalue weighted by Gasteiger charge is -2.03. The number of hydrogen-bond acceptors (Lipinski definition) is 4. The number of carbonyl (C=O) groups is 1. The smallest absolute Gasteiger partial charge is 0.268 e. The topological polar surface area (TPSA) is 81.6 Å². The maximum absolute atomic E-state index is 12.6. The first kappa shape index (κ1) is 20.2. The zero-order valence-electron chi connectivity index (χ0n) is 15.4. The van der Waals surface area contributed by atoms with Crippen LogP contribution in [0.1, 0.15) is 16.0 Å². The van der Waals surface area contributed by atoms with Crippen LogP contribution in [0.5, 0.6) is 0 Å². The summed E-state index contributed by atoms with van der Waals surface area (Å²) in [5.74, 6) is -0.510. The quantitative estimate of drug-likeness (QED) is 0.284. The molecule has 148 valence electrons. The van der Waals surface area contributed by atoms with Gasteiger partial charge < -0.3 is 4.98 Å². The molecule has 2 N–H and O–H groups in total. The van der Waals surface area contributed by atoms with E-state index in [1.54, 1.807) is 24.5 Å². The van der Waals surface area contributed by atoms with Crippen LogP contribution in [-0.2, 0) is 11.2 Å². The number of nitrogens with one attached hydrogen (secondary N) is 2. The van der Waals surface area contributed by atoms with E-state index in [-0.39, 0.29) is 5.57 Å². The van der Waals surface area contributed by atoms with E-state index >= 15 is 0 Å². The normalized spacial score (nSPS) is 11.4. The molecule has 5 nitrogen and oxygen atoms in total. The predicted molar refractivity (Wildman–Crippen MR) is 122 cm³/mol.